The van der Waals surface area contributed by atoms with Gasteiger partial charge in [-0.1, -0.05) is 0 Å². The largest absolute Gasteiger partial charge is 0.598 e. The third kappa shape index (κ3) is 3.32. The van der Waals surface area contributed by atoms with Crippen LogP contribution in [0.15, 0.2) is 12.3 Å². The van der Waals surface area contributed by atoms with E-state index in [1.807, 2.05) is 40.1 Å². The molecule has 80 valence electrons. The highest BCUT2D eigenvalue weighted by molar-refractivity contribution is 7.90. The lowest BCUT2D eigenvalue weighted by atomic mass is 10.3. The Balaban J connectivity index is 2.41. The molecule has 5 heteroatoms. The van der Waals surface area contributed by atoms with Gasteiger partial charge in [0.15, 0.2) is 0 Å². The van der Waals surface area contributed by atoms with Gasteiger partial charge >= 0.3 is 0 Å². The quantitative estimate of drug-likeness (QED) is 0.764. The first kappa shape index (κ1) is 11.6. The zero-order chi connectivity index (χ0) is 10.8. The minimum Gasteiger partial charge on any atom is -0.598 e. The van der Waals surface area contributed by atoms with Crippen molar-refractivity contribution in [3.05, 3.63) is 18.0 Å². The number of hydrogen-bond donors (Lipinski definition) is 1. The average molecular weight is 215 g/mol. The molecule has 4 nitrogen and oxygen atoms in total. The van der Waals surface area contributed by atoms with Crippen molar-refractivity contribution in [3.8, 4) is 0 Å². The maximum Gasteiger partial charge on any atom is 0.136 e. The maximum absolute atomic E-state index is 11.6. The van der Waals surface area contributed by atoms with Gasteiger partial charge in [0.1, 0.15) is 4.75 Å². The van der Waals surface area contributed by atoms with Crippen LogP contribution in [-0.4, -0.2) is 19.1 Å². The molecule has 1 heterocycles. The van der Waals surface area contributed by atoms with Crippen LogP contribution in [0.4, 0.5) is 0 Å². The Bertz CT molecular complexity index is 292. The molecule has 1 rings (SSSR count). The normalized spacial score (nSPS) is 14.4. The summed E-state index contributed by atoms with van der Waals surface area (Å²) in [5.74, 6) is 0. The van der Waals surface area contributed by atoms with Crippen LogP contribution in [0.5, 0.6) is 0 Å². The molecule has 0 aliphatic heterocycles. The van der Waals surface area contributed by atoms with E-state index in [4.69, 9.17) is 0 Å². The molecule has 0 saturated carbocycles. The first-order valence-electron chi connectivity index (χ1n) is 4.53. The van der Waals surface area contributed by atoms with Crippen molar-refractivity contribution in [2.45, 2.75) is 32.1 Å². The lowest BCUT2D eigenvalue weighted by Gasteiger charge is -2.23. The van der Waals surface area contributed by atoms with E-state index in [0.717, 1.165) is 5.69 Å². The monoisotopic (exact) mass is 215 g/mol. The van der Waals surface area contributed by atoms with Crippen LogP contribution in [-0.2, 0) is 25.0 Å². The SMILES string of the molecule is Cn1ccc(CN[S+]([O-])C(C)(C)C)n1. The van der Waals surface area contributed by atoms with E-state index in [2.05, 4.69) is 9.82 Å². The topological polar surface area (TPSA) is 52.9 Å². The molecule has 1 aromatic rings. The van der Waals surface area contributed by atoms with Crippen molar-refractivity contribution in [3.63, 3.8) is 0 Å². The number of hydrogen-bond acceptors (Lipinski definition) is 3. The van der Waals surface area contributed by atoms with E-state index in [9.17, 15) is 4.55 Å². The third-order valence-corrected chi connectivity index (χ3v) is 3.23. The van der Waals surface area contributed by atoms with Gasteiger partial charge in [-0.3, -0.25) is 4.68 Å². The highest BCUT2D eigenvalue weighted by Crippen LogP contribution is 2.13. The van der Waals surface area contributed by atoms with Gasteiger partial charge in [0, 0.05) is 24.6 Å². The summed E-state index contributed by atoms with van der Waals surface area (Å²) in [5.41, 5.74) is 0.908. The highest BCUT2D eigenvalue weighted by Gasteiger charge is 2.26. The van der Waals surface area contributed by atoms with E-state index in [0.29, 0.717) is 6.54 Å². The molecule has 0 amide bonds. The summed E-state index contributed by atoms with van der Waals surface area (Å²) in [6, 6.07) is 1.91. The van der Waals surface area contributed by atoms with Gasteiger partial charge in [-0.15, -0.1) is 4.72 Å². The van der Waals surface area contributed by atoms with Crippen LogP contribution in [0.3, 0.4) is 0 Å². The number of nitrogens with one attached hydrogen (secondary N) is 1. The predicted octanol–water partition coefficient (Wildman–Crippen LogP) is 0.972. The Kier molecular flexibility index (Phi) is 3.58. The van der Waals surface area contributed by atoms with Crippen molar-refractivity contribution in [2.75, 3.05) is 0 Å². The molecule has 0 saturated heterocycles. The highest BCUT2D eigenvalue weighted by atomic mass is 32.2. The van der Waals surface area contributed by atoms with Crippen molar-refractivity contribution in [1.29, 1.82) is 0 Å². The molecule has 0 aliphatic rings. The maximum atomic E-state index is 11.6. The molecule has 1 aromatic heterocycles. The number of rotatable bonds is 3. The smallest absolute Gasteiger partial charge is 0.136 e. The molecule has 0 fully saturated rings. The molecular formula is C9H17N3OS. The van der Waals surface area contributed by atoms with E-state index in [1.54, 1.807) is 4.68 Å². The Labute approximate surface area is 88.0 Å². The van der Waals surface area contributed by atoms with Crippen LogP contribution in [0, 0.1) is 0 Å². The first-order valence-corrected chi connectivity index (χ1v) is 5.68. The molecule has 0 spiro atoms. The lowest BCUT2D eigenvalue weighted by molar-refractivity contribution is 0.542. The molecule has 0 radical (unpaired) electrons. The second-order valence-electron chi connectivity index (χ2n) is 4.18. The molecular weight excluding hydrogens is 198 g/mol. The molecule has 1 unspecified atom stereocenters. The van der Waals surface area contributed by atoms with Crippen molar-refractivity contribution < 1.29 is 4.55 Å². The van der Waals surface area contributed by atoms with E-state index in [-0.39, 0.29) is 4.75 Å². The molecule has 1 atom stereocenters. The summed E-state index contributed by atoms with van der Waals surface area (Å²) in [6.45, 7) is 6.36. The van der Waals surface area contributed by atoms with E-state index < -0.39 is 11.4 Å². The fourth-order valence-electron chi connectivity index (χ4n) is 0.913. The zero-order valence-electron chi connectivity index (χ0n) is 9.07. The minimum atomic E-state index is -1.03. The van der Waals surface area contributed by atoms with Gasteiger partial charge in [0.05, 0.1) is 12.2 Å². The third-order valence-electron chi connectivity index (χ3n) is 1.71. The Morgan fingerprint density at radius 3 is 2.64 bits per heavy atom. The van der Waals surface area contributed by atoms with Crippen LogP contribution in [0.2, 0.25) is 0 Å². The van der Waals surface area contributed by atoms with E-state index in [1.165, 1.54) is 0 Å². The Morgan fingerprint density at radius 2 is 2.21 bits per heavy atom. The minimum absolute atomic E-state index is 0.227. The lowest BCUT2D eigenvalue weighted by Crippen LogP contribution is -2.39. The molecule has 0 aromatic carbocycles. The summed E-state index contributed by atoms with van der Waals surface area (Å²) in [6.07, 6.45) is 1.87. The summed E-state index contributed by atoms with van der Waals surface area (Å²) >= 11 is -1.03. The van der Waals surface area contributed by atoms with Gasteiger partial charge in [-0.2, -0.15) is 5.10 Å². The standard InChI is InChI=1S/C9H17N3OS/c1-9(2,3)14(13)10-7-8-5-6-12(4)11-8/h5-6,10H,7H2,1-4H3. The van der Waals surface area contributed by atoms with Gasteiger partial charge in [0.2, 0.25) is 0 Å². The fraction of sp³-hybridized carbons (Fsp3) is 0.667. The summed E-state index contributed by atoms with van der Waals surface area (Å²) in [5, 5.41) is 4.18. The molecule has 1 N–H and O–H groups in total. The molecule has 14 heavy (non-hydrogen) atoms. The number of aryl methyl sites for hydroxylation is 1. The van der Waals surface area contributed by atoms with Crippen LogP contribution >= 0.6 is 0 Å². The van der Waals surface area contributed by atoms with Crippen LogP contribution < -0.4 is 4.72 Å². The number of nitrogens with zero attached hydrogens (tertiary/aromatic N) is 2. The average Bonchev–Trinajstić information content (AvgIpc) is 2.45. The summed E-state index contributed by atoms with van der Waals surface area (Å²) in [7, 11) is 1.87. The fourth-order valence-corrected chi connectivity index (χ4v) is 1.63. The first-order chi connectivity index (χ1) is 6.39. The van der Waals surface area contributed by atoms with Gasteiger partial charge in [0.25, 0.3) is 0 Å². The summed E-state index contributed by atoms with van der Waals surface area (Å²) in [4.78, 5) is 0. The Hall–Kier alpha value is -0.520. The van der Waals surface area contributed by atoms with Gasteiger partial charge in [-0.05, 0) is 26.8 Å². The zero-order valence-corrected chi connectivity index (χ0v) is 9.89. The van der Waals surface area contributed by atoms with Crippen molar-refractivity contribution in [2.24, 2.45) is 7.05 Å². The van der Waals surface area contributed by atoms with Crippen LogP contribution in [0.25, 0.3) is 0 Å². The second-order valence-corrected chi connectivity index (χ2v) is 6.23. The van der Waals surface area contributed by atoms with Crippen molar-refractivity contribution >= 4 is 11.4 Å². The molecule has 0 bridgehead atoms. The second kappa shape index (κ2) is 4.33. The predicted molar refractivity (Wildman–Crippen MR) is 57.9 cm³/mol. The van der Waals surface area contributed by atoms with Gasteiger partial charge < -0.3 is 4.55 Å². The Morgan fingerprint density at radius 1 is 1.57 bits per heavy atom. The number of aromatic nitrogens is 2. The van der Waals surface area contributed by atoms with E-state index >= 15 is 0 Å². The van der Waals surface area contributed by atoms with Gasteiger partial charge in [-0.25, -0.2) is 0 Å². The van der Waals surface area contributed by atoms with Crippen LogP contribution in [0.1, 0.15) is 26.5 Å². The summed E-state index contributed by atoms with van der Waals surface area (Å²) < 4.78 is 16.1. The van der Waals surface area contributed by atoms with Crippen molar-refractivity contribution in [1.82, 2.24) is 14.5 Å². The molecule has 0 aliphatic carbocycles.